The van der Waals surface area contributed by atoms with E-state index in [1.807, 2.05) is 38.1 Å². The van der Waals surface area contributed by atoms with Crippen molar-refractivity contribution >= 4 is 5.91 Å². The molecule has 118 valence electrons. The molecule has 0 heterocycles. The van der Waals surface area contributed by atoms with E-state index in [1.165, 1.54) is 0 Å². The van der Waals surface area contributed by atoms with Gasteiger partial charge in [-0.1, -0.05) is 26.0 Å². The van der Waals surface area contributed by atoms with Gasteiger partial charge in [0.1, 0.15) is 5.75 Å². The fourth-order valence-electron chi connectivity index (χ4n) is 1.77. The van der Waals surface area contributed by atoms with Crippen molar-refractivity contribution in [2.45, 2.75) is 33.0 Å². The zero-order chi connectivity index (χ0) is 15.7. The van der Waals surface area contributed by atoms with Gasteiger partial charge >= 0.3 is 0 Å². The molecular weight excluding hydrogens is 270 g/mol. The van der Waals surface area contributed by atoms with Gasteiger partial charge in [-0.25, -0.2) is 0 Å². The van der Waals surface area contributed by atoms with Gasteiger partial charge in [0, 0.05) is 13.0 Å². The number of benzene rings is 1. The molecule has 0 fully saturated rings. The first-order valence-electron chi connectivity index (χ1n) is 7.16. The van der Waals surface area contributed by atoms with E-state index in [4.69, 9.17) is 9.47 Å². The van der Waals surface area contributed by atoms with E-state index in [1.54, 1.807) is 7.11 Å². The van der Waals surface area contributed by atoms with Crippen LogP contribution in [0.15, 0.2) is 24.3 Å². The van der Waals surface area contributed by atoms with Gasteiger partial charge in [-0.3, -0.25) is 4.79 Å². The molecular formula is C16H25NO4. The van der Waals surface area contributed by atoms with Gasteiger partial charge in [-0.15, -0.1) is 0 Å². The van der Waals surface area contributed by atoms with Crippen LogP contribution in [0.25, 0.3) is 0 Å². The monoisotopic (exact) mass is 295 g/mol. The van der Waals surface area contributed by atoms with Crippen LogP contribution in [-0.4, -0.2) is 37.4 Å². The Morgan fingerprint density at radius 3 is 2.52 bits per heavy atom. The molecule has 0 aliphatic heterocycles. The second kappa shape index (κ2) is 9.37. The zero-order valence-corrected chi connectivity index (χ0v) is 13.0. The first-order chi connectivity index (χ1) is 10.0. The molecule has 0 aliphatic carbocycles. The minimum absolute atomic E-state index is 0.0424. The number of rotatable bonds is 9. The average molecular weight is 295 g/mol. The highest BCUT2D eigenvalue weighted by atomic mass is 16.5. The Hall–Kier alpha value is -1.59. The third-order valence-corrected chi connectivity index (χ3v) is 2.87. The lowest BCUT2D eigenvalue weighted by Crippen LogP contribution is -2.35. The van der Waals surface area contributed by atoms with Crippen molar-refractivity contribution in [3.8, 4) is 5.75 Å². The summed E-state index contributed by atoms with van der Waals surface area (Å²) in [5.41, 5.74) is 1.01. The highest BCUT2D eigenvalue weighted by molar-refractivity contribution is 5.76. The van der Waals surface area contributed by atoms with Gasteiger partial charge in [-0.05, 0) is 23.6 Å². The summed E-state index contributed by atoms with van der Waals surface area (Å²) in [6.45, 7) is 4.78. The SMILES string of the molecule is COc1ccc(COC[C@H](O)CNC(=O)CC(C)C)cc1. The van der Waals surface area contributed by atoms with E-state index >= 15 is 0 Å². The maximum atomic E-state index is 11.4. The summed E-state index contributed by atoms with van der Waals surface area (Å²) in [5.74, 6) is 1.07. The van der Waals surface area contributed by atoms with Crippen molar-refractivity contribution in [2.24, 2.45) is 5.92 Å². The first kappa shape index (κ1) is 17.5. The minimum Gasteiger partial charge on any atom is -0.497 e. The molecule has 0 radical (unpaired) electrons. The molecule has 0 bridgehead atoms. The normalized spacial score (nSPS) is 12.2. The number of methoxy groups -OCH3 is 1. The fraction of sp³-hybridized carbons (Fsp3) is 0.562. The van der Waals surface area contributed by atoms with Crippen LogP contribution in [0.3, 0.4) is 0 Å². The third-order valence-electron chi connectivity index (χ3n) is 2.87. The highest BCUT2D eigenvalue weighted by Crippen LogP contribution is 2.11. The summed E-state index contributed by atoms with van der Waals surface area (Å²) in [6.07, 6.45) is -0.223. The van der Waals surface area contributed by atoms with Gasteiger partial charge in [0.2, 0.25) is 5.91 Å². The molecule has 21 heavy (non-hydrogen) atoms. The van der Waals surface area contributed by atoms with Crippen LogP contribution < -0.4 is 10.1 Å². The van der Waals surface area contributed by atoms with Gasteiger partial charge in [0.25, 0.3) is 0 Å². The number of aliphatic hydroxyl groups is 1. The number of hydrogen-bond acceptors (Lipinski definition) is 4. The van der Waals surface area contributed by atoms with Crippen LogP contribution in [0, 0.1) is 5.92 Å². The molecule has 1 amide bonds. The lowest BCUT2D eigenvalue weighted by atomic mass is 10.1. The molecule has 1 atom stereocenters. The Bertz CT molecular complexity index is 417. The Labute approximate surface area is 126 Å². The summed E-state index contributed by atoms with van der Waals surface area (Å²) in [7, 11) is 1.62. The van der Waals surface area contributed by atoms with Crippen LogP contribution in [0.2, 0.25) is 0 Å². The predicted molar refractivity (Wildman–Crippen MR) is 81.1 cm³/mol. The zero-order valence-electron chi connectivity index (χ0n) is 13.0. The van der Waals surface area contributed by atoms with E-state index in [2.05, 4.69) is 5.32 Å². The standard InChI is InChI=1S/C16H25NO4/c1-12(2)8-16(19)17-9-14(18)11-21-10-13-4-6-15(20-3)7-5-13/h4-7,12,14,18H,8-11H2,1-3H3,(H,17,19)/t14-/m1/s1. The summed E-state index contributed by atoms with van der Waals surface area (Å²) < 4.78 is 10.5. The van der Waals surface area contributed by atoms with E-state index in [0.717, 1.165) is 11.3 Å². The van der Waals surface area contributed by atoms with Crippen molar-refractivity contribution in [1.29, 1.82) is 0 Å². The summed E-state index contributed by atoms with van der Waals surface area (Å²) in [5, 5.41) is 12.4. The topological polar surface area (TPSA) is 67.8 Å². The van der Waals surface area contributed by atoms with Gasteiger partial charge in [0.15, 0.2) is 0 Å². The minimum atomic E-state index is -0.695. The molecule has 0 aliphatic rings. The van der Waals surface area contributed by atoms with Crippen molar-refractivity contribution in [3.63, 3.8) is 0 Å². The van der Waals surface area contributed by atoms with Crippen molar-refractivity contribution < 1.29 is 19.4 Å². The van der Waals surface area contributed by atoms with Gasteiger partial charge in [-0.2, -0.15) is 0 Å². The summed E-state index contributed by atoms with van der Waals surface area (Å²) in [6, 6.07) is 7.55. The maximum absolute atomic E-state index is 11.4. The molecule has 0 saturated carbocycles. The van der Waals surface area contributed by atoms with Crippen LogP contribution in [0.1, 0.15) is 25.8 Å². The fourth-order valence-corrected chi connectivity index (χ4v) is 1.77. The van der Waals surface area contributed by atoms with E-state index < -0.39 is 6.10 Å². The summed E-state index contributed by atoms with van der Waals surface area (Å²) >= 11 is 0. The van der Waals surface area contributed by atoms with Crippen LogP contribution >= 0.6 is 0 Å². The Balaban J connectivity index is 2.17. The number of hydrogen-bond donors (Lipinski definition) is 2. The molecule has 0 aromatic heterocycles. The van der Waals surface area contributed by atoms with Crippen LogP contribution in [-0.2, 0) is 16.1 Å². The largest absolute Gasteiger partial charge is 0.497 e. The van der Waals surface area contributed by atoms with Gasteiger partial charge < -0.3 is 19.9 Å². The molecule has 1 aromatic carbocycles. The van der Waals surface area contributed by atoms with Crippen molar-refractivity contribution in [2.75, 3.05) is 20.3 Å². The van der Waals surface area contributed by atoms with E-state index in [0.29, 0.717) is 18.9 Å². The van der Waals surface area contributed by atoms with Gasteiger partial charge in [0.05, 0.1) is 26.4 Å². The molecule has 1 rings (SSSR count). The first-order valence-corrected chi connectivity index (χ1v) is 7.16. The molecule has 1 aromatic rings. The van der Waals surface area contributed by atoms with Crippen LogP contribution in [0.4, 0.5) is 0 Å². The number of carbonyl (C=O) groups is 1. The third kappa shape index (κ3) is 7.68. The molecule has 0 saturated heterocycles. The molecule has 5 nitrogen and oxygen atoms in total. The molecule has 0 unspecified atom stereocenters. The van der Waals surface area contributed by atoms with E-state index in [9.17, 15) is 9.90 Å². The number of aliphatic hydroxyl groups excluding tert-OH is 1. The number of nitrogens with one attached hydrogen (secondary N) is 1. The Kier molecular flexibility index (Phi) is 7.79. The number of amides is 1. The Morgan fingerprint density at radius 1 is 1.29 bits per heavy atom. The lowest BCUT2D eigenvalue weighted by molar-refractivity contribution is -0.122. The predicted octanol–water partition coefficient (Wildman–Crippen LogP) is 1.73. The molecule has 5 heteroatoms. The lowest BCUT2D eigenvalue weighted by Gasteiger charge is -2.13. The van der Waals surface area contributed by atoms with Crippen molar-refractivity contribution in [1.82, 2.24) is 5.32 Å². The van der Waals surface area contributed by atoms with Crippen LogP contribution in [0.5, 0.6) is 5.75 Å². The maximum Gasteiger partial charge on any atom is 0.220 e. The summed E-state index contributed by atoms with van der Waals surface area (Å²) in [4.78, 5) is 11.4. The average Bonchev–Trinajstić information content (AvgIpc) is 2.45. The smallest absolute Gasteiger partial charge is 0.220 e. The second-order valence-electron chi connectivity index (χ2n) is 5.42. The molecule has 2 N–H and O–H groups in total. The molecule has 0 spiro atoms. The Morgan fingerprint density at radius 2 is 1.95 bits per heavy atom. The highest BCUT2D eigenvalue weighted by Gasteiger charge is 2.08. The number of ether oxygens (including phenoxy) is 2. The second-order valence-corrected chi connectivity index (χ2v) is 5.42. The quantitative estimate of drug-likeness (QED) is 0.728. The number of carbonyl (C=O) groups excluding carboxylic acids is 1. The van der Waals surface area contributed by atoms with E-state index in [-0.39, 0.29) is 19.1 Å². The van der Waals surface area contributed by atoms with Crippen molar-refractivity contribution in [3.05, 3.63) is 29.8 Å².